The molecule has 0 bridgehead atoms. The summed E-state index contributed by atoms with van der Waals surface area (Å²) >= 11 is 0. The van der Waals surface area contributed by atoms with Crippen molar-refractivity contribution in [1.82, 2.24) is 24.8 Å². The van der Waals surface area contributed by atoms with Gasteiger partial charge < -0.3 is 18.9 Å². The quantitative estimate of drug-likeness (QED) is 0.805. The normalized spacial score (nSPS) is 26.9. The van der Waals surface area contributed by atoms with Gasteiger partial charge in [0.05, 0.1) is 32.4 Å². The molecule has 2 aromatic heterocycles. The van der Waals surface area contributed by atoms with E-state index in [1.165, 1.54) is 6.33 Å². The summed E-state index contributed by atoms with van der Waals surface area (Å²) in [4.78, 5) is 18.4. The first-order valence-corrected chi connectivity index (χ1v) is 8.44. The number of rotatable bonds is 3. The second kappa shape index (κ2) is 6.57. The van der Waals surface area contributed by atoms with Gasteiger partial charge in [0.1, 0.15) is 24.0 Å². The fraction of sp³-hybridized carbons (Fsp3) is 0.625. The molecule has 4 heterocycles. The third kappa shape index (κ3) is 3.42. The molecule has 9 nitrogen and oxygen atoms in total. The number of amides is 1. The third-order valence-corrected chi connectivity index (χ3v) is 4.68. The Morgan fingerprint density at radius 1 is 1.48 bits per heavy atom. The van der Waals surface area contributed by atoms with Gasteiger partial charge in [0.15, 0.2) is 5.69 Å². The topological polar surface area (TPSA) is 95.5 Å². The highest BCUT2D eigenvalue weighted by molar-refractivity contribution is 5.92. The molecule has 4 rings (SSSR count). The van der Waals surface area contributed by atoms with Crippen molar-refractivity contribution in [2.24, 2.45) is 0 Å². The maximum absolute atomic E-state index is 12.7. The van der Waals surface area contributed by atoms with Crippen LogP contribution in [0.25, 0.3) is 0 Å². The van der Waals surface area contributed by atoms with Gasteiger partial charge in [-0.05, 0) is 19.8 Å². The lowest BCUT2D eigenvalue weighted by molar-refractivity contribution is -0.0881. The summed E-state index contributed by atoms with van der Waals surface area (Å²) in [5.74, 6) is 0.471. The molecule has 0 aromatic carbocycles. The van der Waals surface area contributed by atoms with Gasteiger partial charge in [-0.1, -0.05) is 5.16 Å². The van der Waals surface area contributed by atoms with Crippen LogP contribution < -0.4 is 0 Å². The Morgan fingerprint density at radius 3 is 3.16 bits per heavy atom. The second-order valence-electron chi connectivity index (χ2n) is 6.68. The Labute approximate surface area is 144 Å². The van der Waals surface area contributed by atoms with E-state index in [-0.39, 0.29) is 12.0 Å². The fourth-order valence-electron chi connectivity index (χ4n) is 3.49. The zero-order valence-electron chi connectivity index (χ0n) is 14.1. The van der Waals surface area contributed by atoms with Crippen LogP contribution in [-0.4, -0.2) is 68.7 Å². The van der Waals surface area contributed by atoms with Crippen molar-refractivity contribution >= 4 is 5.91 Å². The fourth-order valence-corrected chi connectivity index (χ4v) is 3.49. The van der Waals surface area contributed by atoms with Crippen LogP contribution in [-0.2, 0) is 16.0 Å². The van der Waals surface area contributed by atoms with Crippen molar-refractivity contribution in [3.05, 3.63) is 30.2 Å². The van der Waals surface area contributed by atoms with Gasteiger partial charge >= 0.3 is 0 Å². The van der Waals surface area contributed by atoms with Crippen molar-refractivity contribution in [2.75, 3.05) is 26.3 Å². The predicted octanol–water partition coefficient (Wildman–Crippen LogP) is 0.665. The molecule has 0 radical (unpaired) electrons. The molecule has 9 heteroatoms. The lowest BCUT2D eigenvalue weighted by atomic mass is 10.00. The average Bonchev–Trinajstić information content (AvgIpc) is 3.30. The highest BCUT2D eigenvalue weighted by atomic mass is 16.6. The lowest BCUT2D eigenvalue weighted by Crippen LogP contribution is -2.47. The number of nitrogens with zero attached hydrogens (tertiary/aromatic N) is 5. The van der Waals surface area contributed by atoms with Crippen LogP contribution in [0.5, 0.6) is 0 Å². The molecule has 2 saturated heterocycles. The molecule has 2 aliphatic heterocycles. The molecule has 0 saturated carbocycles. The van der Waals surface area contributed by atoms with E-state index in [4.69, 9.17) is 14.0 Å². The zero-order valence-corrected chi connectivity index (χ0v) is 14.1. The maximum atomic E-state index is 12.7. The third-order valence-electron chi connectivity index (χ3n) is 4.68. The van der Waals surface area contributed by atoms with Gasteiger partial charge in [-0.25, -0.2) is 4.98 Å². The summed E-state index contributed by atoms with van der Waals surface area (Å²) in [5, 5.41) is 7.96. The Kier molecular flexibility index (Phi) is 4.26. The van der Waals surface area contributed by atoms with Crippen LogP contribution in [0.2, 0.25) is 0 Å². The monoisotopic (exact) mass is 347 g/mol. The van der Waals surface area contributed by atoms with Gasteiger partial charge in [-0.3, -0.25) is 9.48 Å². The van der Waals surface area contributed by atoms with Gasteiger partial charge in [-0.2, -0.15) is 5.10 Å². The molecule has 0 unspecified atom stereocenters. The lowest BCUT2D eigenvalue weighted by Gasteiger charge is -2.31. The zero-order chi connectivity index (χ0) is 17.3. The van der Waals surface area contributed by atoms with Gasteiger partial charge in [0, 0.05) is 12.6 Å². The maximum Gasteiger partial charge on any atom is 0.276 e. The van der Waals surface area contributed by atoms with Crippen LogP contribution in [0.4, 0.5) is 0 Å². The molecule has 134 valence electrons. The smallest absolute Gasteiger partial charge is 0.276 e. The summed E-state index contributed by atoms with van der Waals surface area (Å²) in [6, 6.07) is 1.66. The number of carbonyl (C=O) groups is 1. The van der Waals surface area contributed by atoms with Crippen LogP contribution in [0.3, 0.4) is 0 Å². The standard InChI is InChI=1S/C16H21N5O4/c1-12-6-14(19-25-12)15(22)20-4-5-23-9-16(8-20)3-2-13(24-16)7-21-11-17-10-18-21/h6,10-11,13H,2-5,7-9H2,1H3/t13-,16+/m1/s1. The molecule has 2 aliphatic rings. The Balaban J connectivity index is 1.45. The number of hydrogen-bond acceptors (Lipinski definition) is 7. The number of ether oxygens (including phenoxy) is 2. The highest BCUT2D eigenvalue weighted by Crippen LogP contribution is 2.34. The largest absolute Gasteiger partial charge is 0.377 e. The van der Waals surface area contributed by atoms with E-state index < -0.39 is 5.60 Å². The molecule has 2 atom stereocenters. The number of hydrogen-bond donors (Lipinski definition) is 0. The minimum absolute atomic E-state index is 0.0367. The molecular weight excluding hydrogens is 326 g/mol. The molecule has 2 fully saturated rings. The van der Waals surface area contributed by atoms with E-state index in [0.29, 0.717) is 44.3 Å². The number of aryl methyl sites for hydroxylation is 1. The molecular formula is C16H21N5O4. The number of carbonyl (C=O) groups excluding carboxylic acids is 1. The summed E-state index contributed by atoms with van der Waals surface area (Å²) < 4.78 is 18.8. The van der Waals surface area contributed by atoms with Crippen LogP contribution in [0.15, 0.2) is 23.2 Å². The summed E-state index contributed by atoms with van der Waals surface area (Å²) in [6.45, 7) is 4.41. The summed E-state index contributed by atoms with van der Waals surface area (Å²) in [7, 11) is 0. The summed E-state index contributed by atoms with van der Waals surface area (Å²) in [5.41, 5.74) is -0.150. The van der Waals surface area contributed by atoms with Crippen molar-refractivity contribution in [3.63, 3.8) is 0 Å². The van der Waals surface area contributed by atoms with E-state index in [0.717, 1.165) is 12.8 Å². The van der Waals surface area contributed by atoms with Crippen molar-refractivity contribution in [1.29, 1.82) is 0 Å². The second-order valence-corrected chi connectivity index (χ2v) is 6.68. The van der Waals surface area contributed by atoms with Crippen LogP contribution in [0.1, 0.15) is 29.1 Å². The van der Waals surface area contributed by atoms with Crippen molar-refractivity contribution < 1.29 is 18.8 Å². The van der Waals surface area contributed by atoms with E-state index in [9.17, 15) is 4.79 Å². The molecule has 25 heavy (non-hydrogen) atoms. The van der Waals surface area contributed by atoms with Crippen molar-refractivity contribution in [2.45, 2.75) is 38.0 Å². The van der Waals surface area contributed by atoms with Gasteiger partial charge in [0.2, 0.25) is 0 Å². The van der Waals surface area contributed by atoms with Crippen LogP contribution >= 0.6 is 0 Å². The van der Waals surface area contributed by atoms with Crippen molar-refractivity contribution in [3.8, 4) is 0 Å². The molecule has 1 amide bonds. The Bertz CT molecular complexity index is 731. The van der Waals surface area contributed by atoms with E-state index in [1.807, 2.05) is 0 Å². The van der Waals surface area contributed by atoms with E-state index in [2.05, 4.69) is 15.2 Å². The molecule has 1 spiro atoms. The molecule has 2 aromatic rings. The van der Waals surface area contributed by atoms with E-state index >= 15 is 0 Å². The molecule has 0 N–H and O–H groups in total. The first kappa shape index (κ1) is 16.2. The number of aromatic nitrogens is 4. The SMILES string of the molecule is Cc1cc(C(=O)N2CCOC[C@]3(CC[C@H](Cn4cncn4)O3)C2)no1. The van der Waals surface area contributed by atoms with Gasteiger partial charge in [0.25, 0.3) is 5.91 Å². The Morgan fingerprint density at radius 2 is 2.40 bits per heavy atom. The van der Waals surface area contributed by atoms with E-state index in [1.54, 1.807) is 28.9 Å². The van der Waals surface area contributed by atoms with Gasteiger partial charge in [-0.15, -0.1) is 0 Å². The first-order valence-electron chi connectivity index (χ1n) is 8.44. The summed E-state index contributed by atoms with van der Waals surface area (Å²) in [6.07, 6.45) is 4.97. The molecule has 0 aliphatic carbocycles. The van der Waals surface area contributed by atoms with Crippen LogP contribution in [0, 0.1) is 6.92 Å². The first-order chi connectivity index (χ1) is 12.1. The Hall–Kier alpha value is -2.26. The average molecular weight is 347 g/mol. The minimum atomic E-state index is -0.476. The highest BCUT2D eigenvalue weighted by Gasteiger charge is 2.44. The minimum Gasteiger partial charge on any atom is -0.377 e. The predicted molar refractivity (Wildman–Crippen MR) is 84.8 cm³/mol.